The number of fused-ring (bicyclic) bond motifs is 1. The zero-order chi connectivity index (χ0) is 14.7. The van der Waals surface area contributed by atoms with Crippen molar-refractivity contribution in [3.63, 3.8) is 0 Å². The maximum atomic E-state index is 12.5. The Morgan fingerprint density at radius 3 is 2.67 bits per heavy atom. The Bertz CT molecular complexity index is 635. The quantitative estimate of drug-likeness (QED) is 0.933. The van der Waals surface area contributed by atoms with Crippen LogP contribution in [0.3, 0.4) is 0 Å². The zero-order valence-corrected chi connectivity index (χ0v) is 12.0. The SMILES string of the molecule is NCCC1CCN(C(=O)c2cnc3ccccc3n2)CC1. The van der Waals surface area contributed by atoms with E-state index in [0.29, 0.717) is 11.6 Å². The van der Waals surface area contributed by atoms with E-state index >= 15 is 0 Å². The summed E-state index contributed by atoms with van der Waals surface area (Å²) in [6, 6.07) is 7.60. The van der Waals surface area contributed by atoms with E-state index in [4.69, 9.17) is 5.73 Å². The number of hydrogen-bond acceptors (Lipinski definition) is 4. The fraction of sp³-hybridized carbons (Fsp3) is 0.438. The summed E-state index contributed by atoms with van der Waals surface area (Å²) in [7, 11) is 0. The molecule has 0 spiro atoms. The third-order valence-electron chi connectivity index (χ3n) is 4.14. The minimum Gasteiger partial charge on any atom is -0.337 e. The van der Waals surface area contributed by atoms with Gasteiger partial charge in [0.25, 0.3) is 5.91 Å². The number of amides is 1. The van der Waals surface area contributed by atoms with Crippen molar-refractivity contribution in [2.24, 2.45) is 11.7 Å². The number of likely N-dealkylation sites (tertiary alicyclic amines) is 1. The smallest absolute Gasteiger partial charge is 0.274 e. The predicted molar refractivity (Wildman–Crippen MR) is 81.8 cm³/mol. The largest absolute Gasteiger partial charge is 0.337 e. The second kappa shape index (κ2) is 6.18. The third kappa shape index (κ3) is 3.03. The number of rotatable bonds is 3. The predicted octanol–water partition coefficient (Wildman–Crippen LogP) is 1.83. The Kier molecular flexibility index (Phi) is 4.10. The molecule has 110 valence electrons. The molecule has 0 atom stereocenters. The summed E-state index contributed by atoms with van der Waals surface area (Å²) in [5, 5.41) is 0. The molecule has 5 nitrogen and oxygen atoms in total. The molecule has 0 saturated carbocycles. The number of carbonyl (C=O) groups is 1. The van der Waals surface area contributed by atoms with Gasteiger partial charge in [-0.1, -0.05) is 12.1 Å². The molecule has 1 aromatic heterocycles. The van der Waals surface area contributed by atoms with Gasteiger partial charge in [0.2, 0.25) is 0 Å². The Labute approximate surface area is 124 Å². The molecule has 0 radical (unpaired) electrons. The highest BCUT2D eigenvalue weighted by Gasteiger charge is 2.24. The van der Waals surface area contributed by atoms with Crippen LogP contribution in [-0.2, 0) is 0 Å². The first-order chi connectivity index (χ1) is 10.3. The van der Waals surface area contributed by atoms with E-state index in [9.17, 15) is 4.79 Å². The Hall–Kier alpha value is -2.01. The highest BCUT2D eigenvalue weighted by atomic mass is 16.2. The average molecular weight is 284 g/mol. The van der Waals surface area contributed by atoms with Crippen molar-refractivity contribution in [2.45, 2.75) is 19.3 Å². The number of aromatic nitrogens is 2. The van der Waals surface area contributed by atoms with Gasteiger partial charge in [-0.15, -0.1) is 0 Å². The van der Waals surface area contributed by atoms with E-state index in [-0.39, 0.29) is 5.91 Å². The molecule has 0 aliphatic carbocycles. The van der Waals surface area contributed by atoms with Gasteiger partial charge in [-0.05, 0) is 43.9 Å². The summed E-state index contributed by atoms with van der Waals surface area (Å²) < 4.78 is 0. The highest BCUT2D eigenvalue weighted by Crippen LogP contribution is 2.21. The molecule has 1 amide bonds. The van der Waals surface area contributed by atoms with Crippen molar-refractivity contribution in [2.75, 3.05) is 19.6 Å². The molecule has 2 heterocycles. The maximum absolute atomic E-state index is 12.5. The number of piperidine rings is 1. The van der Waals surface area contributed by atoms with Crippen LogP contribution in [0.5, 0.6) is 0 Å². The second-order valence-corrected chi connectivity index (χ2v) is 5.56. The molecule has 1 aliphatic heterocycles. The molecule has 2 aromatic rings. The molecule has 1 fully saturated rings. The molecule has 0 bridgehead atoms. The highest BCUT2D eigenvalue weighted by molar-refractivity contribution is 5.93. The molecule has 1 saturated heterocycles. The number of benzene rings is 1. The minimum atomic E-state index is -0.0144. The lowest BCUT2D eigenvalue weighted by molar-refractivity contribution is 0.0682. The normalized spacial score (nSPS) is 16.3. The van der Waals surface area contributed by atoms with Crippen LogP contribution >= 0.6 is 0 Å². The van der Waals surface area contributed by atoms with Crippen molar-refractivity contribution < 1.29 is 4.79 Å². The Morgan fingerprint density at radius 2 is 1.95 bits per heavy atom. The number of hydrogen-bond donors (Lipinski definition) is 1. The topological polar surface area (TPSA) is 72.1 Å². The van der Waals surface area contributed by atoms with E-state index in [1.165, 1.54) is 0 Å². The van der Waals surface area contributed by atoms with E-state index < -0.39 is 0 Å². The fourth-order valence-electron chi connectivity index (χ4n) is 2.88. The molecule has 3 rings (SSSR count). The summed E-state index contributed by atoms with van der Waals surface area (Å²) in [6.07, 6.45) is 4.70. The summed E-state index contributed by atoms with van der Waals surface area (Å²) >= 11 is 0. The monoisotopic (exact) mass is 284 g/mol. The van der Waals surface area contributed by atoms with Crippen LogP contribution in [0.4, 0.5) is 0 Å². The number of nitrogens with two attached hydrogens (primary N) is 1. The lowest BCUT2D eigenvalue weighted by Gasteiger charge is -2.31. The number of para-hydroxylation sites is 2. The zero-order valence-electron chi connectivity index (χ0n) is 12.0. The van der Waals surface area contributed by atoms with Crippen LogP contribution in [0.2, 0.25) is 0 Å². The summed E-state index contributed by atoms with van der Waals surface area (Å²) in [5.41, 5.74) is 7.62. The minimum absolute atomic E-state index is 0.0144. The molecule has 1 aliphatic rings. The first-order valence-corrected chi connectivity index (χ1v) is 7.49. The average Bonchev–Trinajstić information content (AvgIpc) is 2.55. The molecular formula is C16H20N4O. The van der Waals surface area contributed by atoms with E-state index in [0.717, 1.165) is 49.9 Å². The van der Waals surface area contributed by atoms with Crippen LogP contribution < -0.4 is 5.73 Å². The summed E-state index contributed by atoms with van der Waals surface area (Å²) in [5.74, 6) is 0.640. The number of nitrogens with zero attached hydrogens (tertiary/aromatic N) is 3. The van der Waals surface area contributed by atoms with Crippen molar-refractivity contribution in [3.8, 4) is 0 Å². The van der Waals surface area contributed by atoms with Crippen molar-refractivity contribution in [1.82, 2.24) is 14.9 Å². The standard InChI is InChI=1S/C16H20N4O/c17-8-5-12-6-9-20(10-7-12)16(21)15-11-18-13-3-1-2-4-14(13)19-15/h1-4,11-12H,5-10,17H2. The molecule has 21 heavy (non-hydrogen) atoms. The van der Waals surface area contributed by atoms with Gasteiger partial charge in [0.05, 0.1) is 17.2 Å². The molecule has 0 unspecified atom stereocenters. The Morgan fingerprint density at radius 1 is 1.24 bits per heavy atom. The van der Waals surface area contributed by atoms with Crippen molar-refractivity contribution >= 4 is 16.9 Å². The fourth-order valence-corrected chi connectivity index (χ4v) is 2.88. The van der Waals surface area contributed by atoms with Crippen LogP contribution in [0.15, 0.2) is 30.5 Å². The second-order valence-electron chi connectivity index (χ2n) is 5.56. The van der Waals surface area contributed by atoms with Gasteiger partial charge in [-0.3, -0.25) is 9.78 Å². The van der Waals surface area contributed by atoms with Crippen LogP contribution in [0, 0.1) is 5.92 Å². The van der Waals surface area contributed by atoms with Gasteiger partial charge in [0, 0.05) is 13.1 Å². The van der Waals surface area contributed by atoms with Crippen LogP contribution in [0.1, 0.15) is 29.8 Å². The van der Waals surface area contributed by atoms with Crippen LogP contribution in [-0.4, -0.2) is 40.4 Å². The molecule has 1 aromatic carbocycles. The third-order valence-corrected chi connectivity index (χ3v) is 4.14. The van der Waals surface area contributed by atoms with E-state index in [2.05, 4.69) is 9.97 Å². The Balaban J connectivity index is 1.72. The lowest BCUT2D eigenvalue weighted by Crippen LogP contribution is -2.39. The lowest BCUT2D eigenvalue weighted by atomic mass is 9.93. The van der Waals surface area contributed by atoms with E-state index in [1.54, 1.807) is 6.20 Å². The molecule has 2 N–H and O–H groups in total. The maximum Gasteiger partial charge on any atom is 0.274 e. The van der Waals surface area contributed by atoms with Crippen molar-refractivity contribution in [3.05, 3.63) is 36.2 Å². The van der Waals surface area contributed by atoms with Gasteiger partial charge < -0.3 is 10.6 Å². The van der Waals surface area contributed by atoms with Gasteiger partial charge in [0.15, 0.2) is 0 Å². The van der Waals surface area contributed by atoms with Gasteiger partial charge in [0.1, 0.15) is 5.69 Å². The summed E-state index contributed by atoms with van der Waals surface area (Å²) in [4.78, 5) is 23.1. The number of carbonyl (C=O) groups excluding carboxylic acids is 1. The molecular weight excluding hydrogens is 264 g/mol. The van der Waals surface area contributed by atoms with Crippen LogP contribution in [0.25, 0.3) is 11.0 Å². The van der Waals surface area contributed by atoms with Crippen molar-refractivity contribution in [1.29, 1.82) is 0 Å². The van der Waals surface area contributed by atoms with Gasteiger partial charge >= 0.3 is 0 Å². The van der Waals surface area contributed by atoms with E-state index in [1.807, 2.05) is 29.2 Å². The molecule has 5 heteroatoms. The van der Waals surface area contributed by atoms with Gasteiger partial charge in [-0.25, -0.2) is 4.98 Å². The first kappa shape index (κ1) is 13.9. The first-order valence-electron chi connectivity index (χ1n) is 7.49. The van der Waals surface area contributed by atoms with Gasteiger partial charge in [-0.2, -0.15) is 0 Å². The summed E-state index contributed by atoms with van der Waals surface area (Å²) in [6.45, 7) is 2.31.